The highest BCUT2D eigenvalue weighted by Crippen LogP contribution is 1.96. The van der Waals surface area contributed by atoms with Crippen LogP contribution in [-0.4, -0.2) is 60.8 Å². The summed E-state index contributed by atoms with van der Waals surface area (Å²) in [6.07, 6.45) is 2.34. The number of carbonyl (C=O) groups excluding carboxylic acids is 3. The molecule has 0 saturated heterocycles. The second-order valence-corrected chi connectivity index (χ2v) is 4.64. The smallest absolute Gasteiger partial charge is 0.241 e. The normalized spacial score (nSPS) is 9.91. The molecule has 0 unspecified atom stereocenters. The van der Waals surface area contributed by atoms with Gasteiger partial charge in [-0.15, -0.1) is 0 Å². The molecular weight excluding hydrogens is 286 g/mol. The van der Waals surface area contributed by atoms with Crippen LogP contribution in [0, 0.1) is 0 Å². The van der Waals surface area contributed by atoms with Gasteiger partial charge < -0.3 is 21.3 Å². The zero-order valence-electron chi connectivity index (χ0n) is 12.5. The first kappa shape index (κ1) is 17.6. The highest BCUT2D eigenvalue weighted by Gasteiger charge is 2.11. The van der Waals surface area contributed by atoms with Crippen LogP contribution in [0.5, 0.6) is 0 Å². The van der Waals surface area contributed by atoms with Crippen LogP contribution in [0.3, 0.4) is 0 Å². The number of nitrogens with one attached hydrogen (secondary N) is 2. The summed E-state index contributed by atoms with van der Waals surface area (Å²) in [4.78, 5) is 39.9. The largest absolute Gasteiger partial charge is 0.346 e. The molecule has 0 aliphatic heterocycles. The molecule has 0 saturated carbocycles. The first-order valence-corrected chi connectivity index (χ1v) is 6.90. The van der Waals surface area contributed by atoms with Crippen LogP contribution in [0.1, 0.15) is 5.69 Å². The number of amides is 3. The van der Waals surface area contributed by atoms with Crippen LogP contribution < -0.4 is 16.4 Å². The van der Waals surface area contributed by atoms with Crippen molar-refractivity contribution in [3.63, 3.8) is 0 Å². The molecule has 120 valence electrons. The monoisotopic (exact) mass is 307 g/mol. The quantitative estimate of drug-likeness (QED) is 0.528. The average molecular weight is 307 g/mol. The van der Waals surface area contributed by atoms with Gasteiger partial charge in [0.15, 0.2) is 0 Å². The van der Waals surface area contributed by atoms with Crippen LogP contribution in [-0.2, 0) is 20.8 Å². The molecule has 0 aliphatic rings. The molecule has 1 rings (SSSR count). The van der Waals surface area contributed by atoms with Crippen molar-refractivity contribution < 1.29 is 14.4 Å². The molecule has 0 aliphatic carbocycles. The molecule has 0 fully saturated rings. The minimum Gasteiger partial charge on any atom is -0.346 e. The van der Waals surface area contributed by atoms with Gasteiger partial charge in [-0.25, -0.2) is 0 Å². The van der Waals surface area contributed by atoms with E-state index >= 15 is 0 Å². The van der Waals surface area contributed by atoms with Gasteiger partial charge in [0.05, 0.1) is 19.6 Å². The van der Waals surface area contributed by atoms with Gasteiger partial charge in [-0.2, -0.15) is 0 Å². The van der Waals surface area contributed by atoms with E-state index in [4.69, 9.17) is 5.73 Å². The van der Waals surface area contributed by atoms with Crippen molar-refractivity contribution in [3.05, 3.63) is 30.1 Å². The molecule has 0 atom stereocenters. The Hall–Kier alpha value is -2.48. The summed E-state index contributed by atoms with van der Waals surface area (Å²) in [5, 5.41) is 4.76. The van der Waals surface area contributed by atoms with Crippen molar-refractivity contribution in [1.29, 1.82) is 0 Å². The molecule has 0 spiro atoms. The maximum Gasteiger partial charge on any atom is 0.241 e. The van der Waals surface area contributed by atoms with E-state index in [9.17, 15) is 14.4 Å². The molecule has 0 aromatic carbocycles. The average Bonchev–Trinajstić information content (AvgIpc) is 2.56. The zero-order valence-corrected chi connectivity index (χ0v) is 12.5. The molecule has 1 aromatic rings. The molecule has 8 nitrogen and oxygen atoms in total. The number of hydrogen-bond donors (Lipinski definition) is 3. The van der Waals surface area contributed by atoms with E-state index in [1.54, 1.807) is 13.2 Å². The lowest BCUT2D eigenvalue weighted by Crippen LogP contribution is -2.43. The first-order chi connectivity index (χ1) is 10.5. The number of carbonyl (C=O) groups is 3. The standard InChI is InChI=1S/C14H21N5O3/c1-19(7-5-11-4-2-3-6-16-11)14(22)10-18-13(21)9-17-12(20)8-15/h2-4,6H,5,7-10,15H2,1H3,(H,17,20)(H,18,21). The summed E-state index contributed by atoms with van der Waals surface area (Å²) in [6, 6.07) is 5.61. The van der Waals surface area contributed by atoms with E-state index in [1.807, 2.05) is 18.2 Å². The predicted octanol–water partition coefficient (Wildman–Crippen LogP) is -1.73. The Morgan fingerprint density at radius 2 is 1.91 bits per heavy atom. The highest BCUT2D eigenvalue weighted by atomic mass is 16.2. The number of rotatable bonds is 8. The Morgan fingerprint density at radius 3 is 2.55 bits per heavy atom. The third-order valence-corrected chi connectivity index (χ3v) is 2.92. The highest BCUT2D eigenvalue weighted by molar-refractivity contribution is 5.88. The fraction of sp³-hybridized carbons (Fsp3) is 0.429. The summed E-state index contributed by atoms with van der Waals surface area (Å²) < 4.78 is 0. The molecule has 3 amide bonds. The summed E-state index contributed by atoms with van der Waals surface area (Å²) in [6.45, 7) is 0.0229. The lowest BCUT2D eigenvalue weighted by Gasteiger charge is -2.17. The molecule has 0 radical (unpaired) electrons. The van der Waals surface area contributed by atoms with Gasteiger partial charge in [0.25, 0.3) is 0 Å². The Kier molecular flexibility index (Phi) is 7.55. The molecule has 8 heteroatoms. The summed E-state index contributed by atoms with van der Waals surface area (Å²) >= 11 is 0. The van der Waals surface area contributed by atoms with Crippen LogP contribution in [0.25, 0.3) is 0 Å². The van der Waals surface area contributed by atoms with Crippen molar-refractivity contribution >= 4 is 17.7 Å². The van der Waals surface area contributed by atoms with Crippen molar-refractivity contribution in [3.8, 4) is 0 Å². The number of hydrogen-bond acceptors (Lipinski definition) is 5. The van der Waals surface area contributed by atoms with Crippen LogP contribution >= 0.6 is 0 Å². The van der Waals surface area contributed by atoms with Gasteiger partial charge in [-0.05, 0) is 12.1 Å². The predicted molar refractivity (Wildman–Crippen MR) is 80.7 cm³/mol. The molecule has 0 bridgehead atoms. The number of aromatic nitrogens is 1. The summed E-state index contributed by atoms with van der Waals surface area (Å²) in [5.74, 6) is -1.07. The third-order valence-electron chi connectivity index (χ3n) is 2.92. The molecule has 1 aromatic heterocycles. The van der Waals surface area contributed by atoms with E-state index in [-0.39, 0.29) is 25.5 Å². The Bertz CT molecular complexity index is 506. The van der Waals surface area contributed by atoms with E-state index < -0.39 is 11.8 Å². The van der Waals surface area contributed by atoms with Crippen molar-refractivity contribution in [2.45, 2.75) is 6.42 Å². The lowest BCUT2D eigenvalue weighted by atomic mass is 10.2. The molecule has 22 heavy (non-hydrogen) atoms. The second-order valence-electron chi connectivity index (χ2n) is 4.64. The van der Waals surface area contributed by atoms with Gasteiger partial charge in [0, 0.05) is 31.9 Å². The lowest BCUT2D eigenvalue weighted by molar-refractivity contribution is -0.131. The SMILES string of the molecule is CN(CCc1ccccn1)C(=O)CNC(=O)CNC(=O)CN. The maximum atomic E-state index is 11.8. The van der Waals surface area contributed by atoms with E-state index in [0.29, 0.717) is 13.0 Å². The first-order valence-electron chi connectivity index (χ1n) is 6.90. The van der Waals surface area contributed by atoms with Gasteiger partial charge >= 0.3 is 0 Å². The van der Waals surface area contributed by atoms with Gasteiger partial charge in [-0.3, -0.25) is 19.4 Å². The van der Waals surface area contributed by atoms with Gasteiger partial charge in [0.1, 0.15) is 0 Å². The van der Waals surface area contributed by atoms with Crippen molar-refractivity contribution in [1.82, 2.24) is 20.5 Å². The van der Waals surface area contributed by atoms with Gasteiger partial charge in [0.2, 0.25) is 17.7 Å². The minimum absolute atomic E-state index is 0.115. The van der Waals surface area contributed by atoms with Crippen LogP contribution in [0.15, 0.2) is 24.4 Å². The molecule has 4 N–H and O–H groups in total. The minimum atomic E-state index is -0.437. The fourth-order valence-electron chi connectivity index (χ4n) is 1.58. The summed E-state index contributed by atoms with van der Waals surface area (Å²) in [5.41, 5.74) is 5.99. The molecule has 1 heterocycles. The Morgan fingerprint density at radius 1 is 1.18 bits per heavy atom. The third kappa shape index (κ3) is 6.80. The Balaban J connectivity index is 2.23. The maximum absolute atomic E-state index is 11.8. The van der Waals surface area contributed by atoms with Gasteiger partial charge in [-0.1, -0.05) is 6.07 Å². The number of nitrogens with two attached hydrogens (primary N) is 1. The van der Waals surface area contributed by atoms with Crippen LogP contribution in [0.2, 0.25) is 0 Å². The Labute approximate surface area is 129 Å². The number of pyridine rings is 1. The number of likely N-dealkylation sites (N-methyl/N-ethyl adjacent to an activating group) is 1. The molecular formula is C14H21N5O3. The zero-order chi connectivity index (χ0) is 16.4. The topological polar surface area (TPSA) is 117 Å². The van der Waals surface area contributed by atoms with E-state index in [1.165, 1.54) is 4.90 Å². The van der Waals surface area contributed by atoms with Crippen LogP contribution in [0.4, 0.5) is 0 Å². The van der Waals surface area contributed by atoms with Crippen molar-refractivity contribution in [2.24, 2.45) is 5.73 Å². The number of nitrogens with zero attached hydrogens (tertiary/aromatic N) is 2. The second kappa shape index (κ2) is 9.46. The summed E-state index contributed by atoms with van der Waals surface area (Å²) in [7, 11) is 1.66. The van der Waals surface area contributed by atoms with E-state index in [0.717, 1.165) is 5.69 Å². The fourth-order valence-corrected chi connectivity index (χ4v) is 1.58. The van der Waals surface area contributed by atoms with E-state index in [2.05, 4.69) is 15.6 Å². The van der Waals surface area contributed by atoms with Crippen molar-refractivity contribution in [2.75, 3.05) is 33.2 Å².